The van der Waals surface area contributed by atoms with Crippen LogP contribution < -0.4 is 10.6 Å². The second-order valence-electron chi connectivity index (χ2n) is 15.5. The van der Waals surface area contributed by atoms with Gasteiger partial charge in [-0.1, -0.05) is 20.8 Å². The Bertz CT molecular complexity index is 1630. The van der Waals surface area contributed by atoms with Gasteiger partial charge >= 0.3 is 11.9 Å². The third kappa shape index (κ3) is 10.6. The van der Waals surface area contributed by atoms with Crippen molar-refractivity contribution in [1.29, 1.82) is 0 Å². The van der Waals surface area contributed by atoms with Crippen LogP contribution in [-0.4, -0.2) is 117 Å². The van der Waals surface area contributed by atoms with E-state index in [4.69, 9.17) is 9.47 Å². The molecule has 6 rings (SSSR count). The van der Waals surface area contributed by atoms with Gasteiger partial charge in [0, 0.05) is 62.6 Å². The summed E-state index contributed by atoms with van der Waals surface area (Å²) in [7, 11) is 1.71. The van der Waals surface area contributed by atoms with Crippen LogP contribution in [-0.2, 0) is 35.1 Å². The lowest BCUT2D eigenvalue weighted by molar-refractivity contribution is -0.151. The van der Waals surface area contributed by atoms with E-state index in [0.717, 1.165) is 37.9 Å². The maximum atomic E-state index is 14.2. The van der Waals surface area contributed by atoms with Crippen LogP contribution in [0.15, 0.2) is 17.8 Å². The van der Waals surface area contributed by atoms with E-state index >= 15 is 0 Å². The third-order valence-electron chi connectivity index (χ3n) is 11.0. The molecule has 2 bridgehead atoms. The molecular formula is C38H55N7O8S. The van der Waals surface area contributed by atoms with E-state index < -0.39 is 48.0 Å². The molecule has 2 aromatic rings. The molecule has 15 nitrogen and oxygen atoms in total. The Morgan fingerprint density at radius 3 is 2.31 bits per heavy atom. The van der Waals surface area contributed by atoms with Gasteiger partial charge in [0.2, 0.25) is 11.8 Å². The summed E-state index contributed by atoms with van der Waals surface area (Å²) in [6.45, 7) is 11.3. The van der Waals surface area contributed by atoms with Crippen molar-refractivity contribution < 1.29 is 38.6 Å². The number of esters is 1. The molecule has 4 aliphatic rings. The Labute approximate surface area is 321 Å². The second kappa shape index (κ2) is 18.5. The number of piperidine rings is 3. The van der Waals surface area contributed by atoms with Crippen LogP contribution in [0, 0.1) is 30.6 Å². The van der Waals surface area contributed by atoms with Crippen LogP contribution in [0.25, 0.3) is 0 Å². The zero-order valence-corrected chi connectivity index (χ0v) is 33.0. The number of likely N-dealkylation sites (N-methyl/N-ethyl adjacent to an activating group) is 1. The van der Waals surface area contributed by atoms with Crippen molar-refractivity contribution >= 4 is 41.0 Å². The zero-order chi connectivity index (χ0) is 39.1. The van der Waals surface area contributed by atoms with Crippen molar-refractivity contribution in [1.82, 2.24) is 35.4 Å². The average molecular weight is 770 g/mol. The number of hydrogen-bond donors (Lipinski definition) is 3. The van der Waals surface area contributed by atoms with Gasteiger partial charge in [-0.25, -0.2) is 15.0 Å². The van der Waals surface area contributed by atoms with Gasteiger partial charge in [-0.15, -0.1) is 11.3 Å². The van der Waals surface area contributed by atoms with Crippen molar-refractivity contribution in [3.8, 4) is 0 Å². The average Bonchev–Trinajstić information content (AvgIpc) is 3.62. The molecule has 4 saturated heterocycles. The molecule has 0 aliphatic carbocycles. The maximum absolute atomic E-state index is 14.2. The van der Waals surface area contributed by atoms with Gasteiger partial charge in [-0.2, -0.15) is 0 Å². The molecule has 3 amide bonds. The minimum absolute atomic E-state index is 0.0663. The Morgan fingerprint density at radius 2 is 1.76 bits per heavy atom. The number of carboxylic acids is 1. The lowest BCUT2D eigenvalue weighted by Gasteiger charge is -2.45. The van der Waals surface area contributed by atoms with Crippen molar-refractivity contribution in [3.05, 3.63) is 39.9 Å². The summed E-state index contributed by atoms with van der Waals surface area (Å²) in [6.07, 6.45) is 6.85. The van der Waals surface area contributed by atoms with Gasteiger partial charge in [-0.05, 0) is 69.5 Å². The normalized spacial score (nSPS) is 22.3. The summed E-state index contributed by atoms with van der Waals surface area (Å²) in [6, 6.07) is -1.89. The van der Waals surface area contributed by atoms with E-state index in [1.807, 2.05) is 20.8 Å². The highest BCUT2D eigenvalue weighted by molar-refractivity contribution is 7.09. The number of aryl methyl sites for hydroxylation is 2. The van der Waals surface area contributed by atoms with Gasteiger partial charge in [0.25, 0.3) is 5.91 Å². The Morgan fingerprint density at radius 1 is 1.07 bits per heavy atom. The lowest BCUT2D eigenvalue weighted by Crippen LogP contribution is -2.62. The van der Waals surface area contributed by atoms with Gasteiger partial charge in [-0.3, -0.25) is 28.9 Å². The Hall–Kier alpha value is -4.02. The number of amides is 3. The Balaban J connectivity index is 1.28. The molecule has 0 aromatic carbocycles. The molecule has 6 heterocycles. The summed E-state index contributed by atoms with van der Waals surface area (Å²) >= 11 is 1.17. The molecule has 16 heteroatoms. The largest absolute Gasteiger partial charge is 0.481 e. The first-order valence-electron chi connectivity index (χ1n) is 19.0. The van der Waals surface area contributed by atoms with Crippen molar-refractivity contribution in [2.24, 2.45) is 23.7 Å². The van der Waals surface area contributed by atoms with Gasteiger partial charge in [0.15, 0.2) is 6.10 Å². The summed E-state index contributed by atoms with van der Waals surface area (Å²) in [5, 5.41) is 17.6. The summed E-state index contributed by atoms with van der Waals surface area (Å²) in [4.78, 5) is 82.5. The summed E-state index contributed by atoms with van der Waals surface area (Å²) in [5.41, 5.74) is 1.03. The minimum atomic E-state index is -0.965. The molecule has 296 valence electrons. The van der Waals surface area contributed by atoms with Crippen LogP contribution in [0.5, 0.6) is 0 Å². The maximum Gasteiger partial charge on any atom is 0.306 e. The molecule has 4 fully saturated rings. The summed E-state index contributed by atoms with van der Waals surface area (Å²) in [5.74, 6) is -2.12. The number of fused-ring (bicyclic) bond motifs is 3. The standard InChI is InChI=1S/C38H55N7O8S/c1-21(2)29(44(6)37(49)33(26-18-52-19-26)43-35(48)30-14-25-9-11-45(30)12-10-25)15-31(53-24(5)46)36-42-28(20-54-36)34(47)41-27(13-23(4)38(50)51)7-8-32-39-16-22(3)17-40-32/h16-17,20-21,23,25-27,29-31,33H,7-15,18-19H2,1-6H3,(H,41,47)(H,43,48)(H,50,51)/t23-,27-,29+,30+,31+,33-/m0/s1. The Kier molecular flexibility index (Phi) is 14.1. The van der Waals surface area contributed by atoms with Crippen LogP contribution in [0.3, 0.4) is 0 Å². The highest BCUT2D eigenvalue weighted by atomic mass is 32.1. The van der Waals surface area contributed by atoms with Crippen molar-refractivity contribution in [2.75, 3.05) is 33.4 Å². The quantitative estimate of drug-likeness (QED) is 0.188. The summed E-state index contributed by atoms with van der Waals surface area (Å²) < 4.78 is 11.2. The number of nitrogens with zero attached hydrogens (tertiary/aromatic N) is 5. The number of carboxylic acid groups (broad SMARTS) is 1. The highest BCUT2D eigenvalue weighted by Gasteiger charge is 2.43. The van der Waals surface area contributed by atoms with E-state index in [1.165, 1.54) is 18.3 Å². The predicted octanol–water partition coefficient (Wildman–Crippen LogP) is 3.18. The first-order chi connectivity index (χ1) is 25.7. The SMILES string of the molecule is CC(=O)O[C@H](C[C@H](C(C)C)N(C)C(=O)[C@@H](NC(=O)[C@H]1CC2CCN1CC2)C1COC1)c1nc(C(=O)N[C@@H](CCc2ncc(C)cn2)C[C@H](C)C(=O)O)cs1. The molecule has 0 saturated carbocycles. The van der Waals surface area contributed by atoms with E-state index in [2.05, 4.69) is 30.5 Å². The second-order valence-corrected chi connectivity index (χ2v) is 16.4. The van der Waals surface area contributed by atoms with Gasteiger partial charge < -0.3 is 30.1 Å². The number of rotatable bonds is 18. The fourth-order valence-corrected chi connectivity index (χ4v) is 8.46. The predicted molar refractivity (Wildman–Crippen MR) is 199 cm³/mol. The molecular weight excluding hydrogens is 715 g/mol. The number of hydrogen-bond acceptors (Lipinski definition) is 12. The first kappa shape index (κ1) is 41.1. The molecule has 0 spiro atoms. The monoisotopic (exact) mass is 769 g/mol. The third-order valence-corrected chi connectivity index (χ3v) is 11.9. The number of nitrogens with one attached hydrogen (secondary N) is 2. The molecule has 4 aliphatic heterocycles. The lowest BCUT2D eigenvalue weighted by atomic mass is 9.82. The van der Waals surface area contributed by atoms with Crippen molar-refractivity contribution in [2.45, 2.75) is 110 Å². The topological polar surface area (TPSA) is 193 Å². The number of aromatic nitrogens is 3. The van der Waals surface area contributed by atoms with Crippen LogP contribution in [0.4, 0.5) is 0 Å². The van der Waals surface area contributed by atoms with E-state index in [-0.39, 0.29) is 48.2 Å². The molecule has 3 N–H and O–H groups in total. The zero-order valence-electron chi connectivity index (χ0n) is 32.2. The number of aliphatic carboxylic acids is 1. The highest BCUT2D eigenvalue weighted by Crippen LogP contribution is 2.33. The molecule has 6 atom stereocenters. The molecule has 0 unspecified atom stereocenters. The van der Waals surface area contributed by atoms with Gasteiger partial charge in [0.1, 0.15) is 22.6 Å². The van der Waals surface area contributed by atoms with Crippen LogP contribution in [0.2, 0.25) is 0 Å². The van der Waals surface area contributed by atoms with Gasteiger partial charge in [0.05, 0.1) is 25.2 Å². The smallest absolute Gasteiger partial charge is 0.306 e. The minimum Gasteiger partial charge on any atom is -0.481 e. The molecule has 2 aromatic heterocycles. The number of carbonyl (C=O) groups excluding carboxylic acids is 4. The van der Waals surface area contributed by atoms with Crippen molar-refractivity contribution in [3.63, 3.8) is 0 Å². The number of thiazole rings is 1. The fraction of sp³-hybridized carbons (Fsp3) is 0.684. The molecule has 54 heavy (non-hydrogen) atoms. The first-order valence-corrected chi connectivity index (χ1v) is 19.9. The van der Waals surface area contributed by atoms with Crippen LogP contribution in [0.1, 0.15) is 99.2 Å². The van der Waals surface area contributed by atoms with E-state index in [9.17, 15) is 29.1 Å². The number of carbonyl (C=O) groups is 5. The number of ether oxygens (including phenoxy) is 2. The fourth-order valence-electron chi connectivity index (χ4n) is 7.62. The molecule has 0 radical (unpaired) electrons. The van der Waals surface area contributed by atoms with E-state index in [1.54, 1.807) is 36.6 Å². The van der Waals surface area contributed by atoms with E-state index in [0.29, 0.717) is 42.8 Å². The van der Waals surface area contributed by atoms with Crippen LogP contribution >= 0.6 is 11.3 Å².